The summed E-state index contributed by atoms with van der Waals surface area (Å²) in [5.41, 5.74) is 8.27. The Morgan fingerprint density at radius 3 is 2.56 bits per heavy atom. The van der Waals surface area contributed by atoms with Crippen LogP contribution in [-0.2, 0) is 6.42 Å². The molecule has 16 heavy (non-hydrogen) atoms. The monoisotopic (exact) mass is 221 g/mol. The fourth-order valence-corrected chi connectivity index (χ4v) is 2.65. The standard InChI is InChI=1S/C13H19NO2/c1-15-11-5-6-12(16-2)13-9(7-8-14)3-4-10(11)13/h5-6,9H,3-4,7-8,14H2,1-2H3. The quantitative estimate of drug-likeness (QED) is 0.846. The molecule has 0 bridgehead atoms. The smallest absolute Gasteiger partial charge is 0.122 e. The summed E-state index contributed by atoms with van der Waals surface area (Å²) in [6.07, 6.45) is 3.25. The lowest BCUT2D eigenvalue weighted by molar-refractivity contribution is 0.395. The van der Waals surface area contributed by atoms with Gasteiger partial charge in [0.1, 0.15) is 11.5 Å². The van der Waals surface area contributed by atoms with Crippen molar-refractivity contribution in [2.45, 2.75) is 25.2 Å². The minimum atomic E-state index is 0.532. The summed E-state index contributed by atoms with van der Waals surface area (Å²) in [6.45, 7) is 0.727. The Labute approximate surface area is 96.5 Å². The second-order valence-corrected chi connectivity index (χ2v) is 4.18. The summed E-state index contributed by atoms with van der Waals surface area (Å²) in [7, 11) is 3.44. The molecule has 3 nitrogen and oxygen atoms in total. The van der Waals surface area contributed by atoms with Gasteiger partial charge in [0.2, 0.25) is 0 Å². The van der Waals surface area contributed by atoms with E-state index in [2.05, 4.69) is 0 Å². The Morgan fingerprint density at radius 1 is 1.25 bits per heavy atom. The summed E-state index contributed by atoms with van der Waals surface area (Å²) in [5.74, 6) is 2.49. The summed E-state index contributed by atoms with van der Waals surface area (Å²) in [4.78, 5) is 0. The molecular formula is C13H19NO2. The van der Waals surface area contributed by atoms with E-state index in [0.29, 0.717) is 5.92 Å². The van der Waals surface area contributed by atoms with Crippen LogP contribution in [0.15, 0.2) is 12.1 Å². The van der Waals surface area contributed by atoms with Gasteiger partial charge < -0.3 is 15.2 Å². The molecule has 1 unspecified atom stereocenters. The number of nitrogens with two attached hydrogens (primary N) is 1. The molecule has 0 amide bonds. The van der Waals surface area contributed by atoms with Gasteiger partial charge in [-0.25, -0.2) is 0 Å². The highest BCUT2D eigenvalue weighted by Crippen LogP contribution is 2.45. The maximum atomic E-state index is 5.66. The predicted octanol–water partition coefficient (Wildman–Crippen LogP) is 2.08. The Balaban J connectivity index is 2.44. The highest BCUT2D eigenvalue weighted by atomic mass is 16.5. The van der Waals surface area contributed by atoms with Gasteiger partial charge in [-0.05, 0) is 43.9 Å². The molecule has 0 saturated heterocycles. The SMILES string of the molecule is COc1ccc(OC)c2c1CCC2CCN. The van der Waals surface area contributed by atoms with Crippen LogP contribution in [0.25, 0.3) is 0 Å². The van der Waals surface area contributed by atoms with Crippen molar-refractivity contribution < 1.29 is 9.47 Å². The van der Waals surface area contributed by atoms with Gasteiger partial charge in [-0.15, -0.1) is 0 Å². The van der Waals surface area contributed by atoms with Crippen molar-refractivity contribution >= 4 is 0 Å². The molecule has 1 aromatic rings. The molecule has 2 rings (SSSR count). The van der Waals surface area contributed by atoms with Gasteiger partial charge in [0, 0.05) is 11.1 Å². The first kappa shape index (κ1) is 11.3. The average molecular weight is 221 g/mol. The first-order valence-electron chi connectivity index (χ1n) is 5.75. The fourth-order valence-electron chi connectivity index (χ4n) is 2.65. The van der Waals surface area contributed by atoms with Crippen molar-refractivity contribution in [1.82, 2.24) is 0 Å². The maximum absolute atomic E-state index is 5.66. The van der Waals surface area contributed by atoms with E-state index >= 15 is 0 Å². The molecule has 3 heteroatoms. The first-order valence-corrected chi connectivity index (χ1v) is 5.75. The molecular weight excluding hydrogens is 202 g/mol. The number of hydrogen-bond acceptors (Lipinski definition) is 3. The summed E-state index contributed by atoms with van der Waals surface area (Å²) < 4.78 is 10.8. The van der Waals surface area contributed by atoms with Crippen molar-refractivity contribution in [1.29, 1.82) is 0 Å². The third-order valence-electron chi connectivity index (χ3n) is 3.38. The van der Waals surface area contributed by atoms with Gasteiger partial charge in [0.25, 0.3) is 0 Å². The van der Waals surface area contributed by atoms with E-state index < -0.39 is 0 Å². The first-order chi connectivity index (χ1) is 7.81. The molecule has 0 radical (unpaired) electrons. The van der Waals surface area contributed by atoms with Gasteiger partial charge in [-0.2, -0.15) is 0 Å². The van der Waals surface area contributed by atoms with Crippen LogP contribution in [0.5, 0.6) is 11.5 Å². The van der Waals surface area contributed by atoms with Crippen LogP contribution in [-0.4, -0.2) is 20.8 Å². The normalized spacial score (nSPS) is 18.3. The van der Waals surface area contributed by atoms with Gasteiger partial charge in [0.15, 0.2) is 0 Å². The van der Waals surface area contributed by atoms with Crippen LogP contribution in [0.1, 0.15) is 29.9 Å². The van der Waals surface area contributed by atoms with Crippen LogP contribution < -0.4 is 15.2 Å². The molecule has 1 atom stereocenters. The van der Waals surface area contributed by atoms with E-state index in [1.54, 1.807) is 14.2 Å². The van der Waals surface area contributed by atoms with Crippen molar-refractivity contribution in [2.24, 2.45) is 5.73 Å². The number of rotatable bonds is 4. The van der Waals surface area contributed by atoms with E-state index in [1.807, 2.05) is 12.1 Å². The molecule has 1 aromatic carbocycles. The van der Waals surface area contributed by atoms with E-state index in [-0.39, 0.29) is 0 Å². The van der Waals surface area contributed by atoms with E-state index in [0.717, 1.165) is 37.3 Å². The van der Waals surface area contributed by atoms with Crippen LogP contribution in [0.3, 0.4) is 0 Å². The second kappa shape index (κ2) is 4.74. The lowest BCUT2D eigenvalue weighted by Gasteiger charge is -2.15. The molecule has 0 fully saturated rings. The van der Waals surface area contributed by atoms with Gasteiger partial charge in [0.05, 0.1) is 14.2 Å². The molecule has 1 aliphatic rings. The zero-order chi connectivity index (χ0) is 11.5. The fraction of sp³-hybridized carbons (Fsp3) is 0.538. The minimum Gasteiger partial charge on any atom is -0.496 e. The molecule has 0 saturated carbocycles. The Bertz CT molecular complexity index is 376. The van der Waals surface area contributed by atoms with Gasteiger partial charge >= 0.3 is 0 Å². The zero-order valence-electron chi connectivity index (χ0n) is 9.95. The highest BCUT2D eigenvalue weighted by molar-refractivity contribution is 5.53. The second-order valence-electron chi connectivity index (χ2n) is 4.18. The molecule has 0 spiro atoms. The largest absolute Gasteiger partial charge is 0.496 e. The third kappa shape index (κ3) is 1.76. The third-order valence-corrected chi connectivity index (χ3v) is 3.38. The Morgan fingerprint density at radius 2 is 1.94 bits per heavy atom. The summed E-state index contributed by atoms with van der Waals surface area (Å²) in [6, 6.07) is 3.98. The molecule has 1 aliphatic carbocycles. The number of fused-ring (bicyclic) bond motifs is 1. The van der Waals surface area contributed by atoms with E-state index in [9.17, 15) is 0 Å². The van der Waals surface area contributed by atoms with Crippen molar-refractivity contribution in [3.05, 3.63) is 23.3 Å². The molecule has 0 heterocycles. The molecule has 0 aromatic heterocycles. The lowest BCUT2D eigenvalue weighted by Crippen LogP contribution is -2.06. The van der Waals surface area contributed by atoms with Crippen molar-refractivity contribution in [2.75, 3.05) is 20.8 Å². The Hall–Kier alpha value is -1.22. The van der Waals surface area contributed by atoms with E-state index in [1.165, 1.54) is 11.1 Å². The van der Waals surface area contributed by atoms with Gasteiger partial charge in [-0.3, -0.25) is 0 Å². The molecule has 88 valence electrons. The summed E-state index contributed by atoms with van der Waals surface area (Å²) in [5, 5.41) is 0. The Kier molecular flexibility index (Phi) is 3.34. The number of ether oxygens (including phenoxy) is 2. The van der Waals surface area contributed by atoms with Crippen LogP contribution in [0.4, 0.5) is 0 Å². The van der Waals surface area contributed by atoms with Crippen LogP contribution >= 0.6 is 0 Å². The summed E-state index contributed by atoms with van der Waals surface area (Å²) >= 11 is 0. The lowest BCUT2D eigenvalue weighted by atomic mass is 9.96. The average Bonchev–Trinajstić information content (AvgIpc) is 2.73. The molecule has 2 N–H and O–H groups in total. The minimum absolute atomic E-state index is 0.532. The number of hydrogen-bond donors (Lipinski definition) is 1. The van der Waals surface area contributed by atoms with Crippen LogP contribution in [0.2, 0.25) is 0 Å². The van der Waals surface area contributed by atoms with Crippen molar-refractivity contribution in [3.8, 4) is 11.5 Å². The maximum Gasteiger partial charge on any atom is 0.122 e. The number of methoxy groups -OCH3 is 2. The van der Waals surface area contributed by atoms with Crippen LogP contribution in [0, 0.1) is 0 Å². The van der Waals surface area contributed by atoms with Gasteiger partial charge in [-0.1, -0.05) is 0 Å². The number of benzene rings is 1. The molecule has 0 aliphatic heterocycles. The highest BCUT2D eigenvalue weighted by Gasteiger charge is 2.28. The van der Waals surface area contributed by atoms with Crippen molar-refractivity contribution in [3.63, 3.8) is 0 Å². The topological polar surface area (TPSA) is 44.5 Å². The zero-order valence-corrected chi connectivity index (χ0v) is 9.95. The van der Waals surface area contributed by atoms with E-state index in [4.69, 9.17) is 15.2 Å². The predicted molar refractivity (Wildman–Crippen MR) is 64.3 cm³/mol.